The van der Waals surface area contributed by atoms with Crippen LogP contribution in [0.4, 0.5) is 4.39 Å². The number of ether oxygens (including phenoxy) is 1. The van der Waals surface area contributed by atoms with Crippen LogP contribution in [-0.4, -0.2) is 40.1 Å². The fourth-order valence-electron chi connectivity index (χ4n) is 3.68. The molecule has 2 aliphatic heterocycles. The first-order valence-corrected chi connectivity index (χ1v) is 9.80. The minimum atomic E-state index is -0.312. The molecule has 152 valence electrons. The summed E-state index contributed by atoms with van der Waals surface area (Å²) in [4.78, 5) is 6.34. The summed E-state index contributed by atoms with van der Waals surface area (Å²) in [7, 11) is 1.60. The monoisotopic (exact) mass is 404 g/mol. The molecule has 7 nitrogen and oxygen atoms in total. The number of hydrogen-bond donors (Lipinski definition) is 3. The van der Waals surface area contributed by atoms with Crippen molar-refractivity contribution in [2.75, 3.05) is 7.11 Å². The zero-order valence-electron chi connectivity index (χ0n) is 16.4. The van der Waals surface area contributed by atoms with Gasteiger partial charge in [0.05, 0.1) is 19.0 Å². The molecule has 2 aromatic rings. The first-order chi connectivity index (χ1) is 14.7. The highest BCUT2D eigenvalue weighted by Crippen LogP contribution is 2.34. The van der Waals surface area contributed by atoms with Crippen molar-refractivity contribution in [3.05, 3.63) is 72.1 Å². The number of allylic oxidation sites excluding steroid dienone is 2. The lowest BCUT2D eigenvalue weighted by Gasteiger charge is -2.27. The lowest BCUT2D eigenvalue weighted by molar-refractivity contribution is 0.386. The van der Waals surface area contributed by atoms with Gasteiger partial charge in [-0.3, -0.25) is 10.5 Å². The van der Waals surface area contributed by atoms with Crippen LogP contribution >= 0.6 is 0 Å². The number of H-pyrrole nitrogens is 1. The number of hydrogen-bond acceptors (Lipinski definition) is 5. The average molecular weight is 404 g/mol. The minimum absolute atomic E-state index is 0.102. The van der Waals surface area contributed by atoms with Gasteiger partial charge in [-0.05, 0) is 31.1 Å². The van der Waals surface area contributed by atoms with Crippen molar-refractivity contribution in [1.82, 2.24) is 20.4 Å². The van der Waals surface area contributed by atoms with Crippen LogP contribution in [0.2, 0.25) is 0 Å². The summed E-state index contributed by atoms with van der Waals surface area (Å²) in [6.07, 6.45) is 11.4. The van der Waals surface area contributed by atoms with Gasteiger partial charge in [0.1, 0.15) is 17.7 Å². The molecule has 1 atom stereocenters. The first kappa shape index (κ1) is 18.4. The Morgan fingerprint density at radius 3 is 2.90 bits per heavy atom. The number of benzene rings is 1. The Labute approximate surface area is 173 Å². The second-order valence-corrected chi connectivity index (χ2v) is 7.41. The Hall–Kier alpha value is -3.68. The summed E-state index contributed by atoms with van der Waals surface area (Å²) >= 11 is 0. The highest BCUT2D eigenvalue weighted by molar-refractivity contribution is 6.04. The Bertz CT molecular complexity index is 1120. The summed E-state index contributed by atoms with van der Waals surface area (Å²) < 4.78 is 19.7. The van der Waals surface area contributed by atoms with Crippen LogP contribution in [-0.2, 0) is 4.74 Å². The van der Waals surface area contributed by atoms with Gasteiger partial charge in [0, 0.05) is 35.0 Å². The molecule has 5 rings (SSSR count). The fourth-order valence-corrected chi connectivity index (χ4v) is 3.68. The number of nitrogens with zero attached hydrogens (tertiary/aromatic N) is 3. The molecule has 1 aliphatic carbocycles. The van der Waals surface area contributed by atoms with E-state index in [4.69, 9.17) is 10.1 Å². The third-order valence-corrected chi connectivity index (χ3v) is 5.40. The van der Waals surface area contributed by atoms with Crippen molar-refractivity contribution in [2.45, 2.75) is 19.0 Å². The second kappa shape index (κ2) is 7.29. The van der Waals surface area contributed by atoms with Crippen molar-refractivity contribution in [3.8, 4) is 11.3 Å². The number of aliphatic imine (C=N–C) groups is 1. The van der Waals surface area contributed by atoms with Crippen LogP contribution in [0.5, 0.6) is 0 Å². The summed E-state index contributed by atoms with van der Waals surface area (Å²) in [5, 5.41) is 18.8. The van der Waals surface area contributed by atoms with Gasteiger partial charge in [0.25, 0.3) is 0 Å². The molecule has 1 aromatic carbocycles. The van der Waals surface area contributed by atoms with E-state index in [1.807, 2.05) is 23.3 Å². The van der Waals surface area contributed by atoms with Crippen molar-refractivity contribution < 1.29 is 9.13 Å². The molecule has 8 heteroatoms. The minimum Gasteiger partial charge on any atom is -0.484 e. The van der Waals surface area contributed by atoms with Crippen LogP contribution in [0.15, 0.2) is 65.7 Å². The van der Waals surface area contributed by atoms with E-state index < -0.39 is 0 Å². The lowest BCUT2D eigenvalue weighted by Crippen LogP contribution is -2.34. The Morgan fingerprint density at radius 1 is 1.30 bits per heavy atom. The maximum absolute atomic E-state index is 14.3. The highest BCUT2D eigenvalue weighted by Gasteiger charge is 2.32. The van der Waals surface area contributed by atoms with Crippen LogP contribution in [0, 0.1) is 17.1 Å². The Kier molecular flexibility index (Phi) is 4.46. The normalized spacial score (nSPS) is 20.4. The Morgan fingerprint density at radius 2 is 2.13 bits per heavy atom. The first-order valence-electron chi connectivity index (χ1n) is 9.80. The molecule has 30 heavy (non-hydrogen) atoms. The van der Waals surface area contributed by atoms with E-state index in [0.717, 1.165) is 24.0 Å². The zero-order valence-corrected chi connectivity index (χ0v) is 16.4. The predicted molar refractivity (Wildman–Crippen MR) is 113 cm³/mol. The molecule has 1 aromatic heterocycles. The second-order valence-electron chi connectivity index (χ2n) is 7.41. The molecule has 0 saturated heterocycles. The molecular formula is C22H21FN6O. The number of rotatable bonds is 4. The number of aromatic amines is 1. The summed E-state index contributed by atoms with van der Waals surface area (Å²) in [5.74, 6) is 0.759. The molecule has 3 heterocycles. The topological polar surface area (TPSA) is 89.4 Å². The van der Waals surface area contributed by atoms with Gasteiger partial charge in [0.15, 0.2) is 11.7 Å². The van der Waals surface area contributed by atoms with E-state index in [9.17, 15) is 4.39 Å². The third kappa shape index (κ3) is 3.20. The highest BCUT2D eigenvalue weighted by atomic mass is 19.1. The van der Waals surface area contributed by atoms with E-state index in [-0.39, 0.29) is 17.8 Å². The molecule has 0 bridgehead atoms. The molecular weight excluding hydrogens is 383 g/mol. The summed E-state index contributed by atoms with van der Waals surface area (Å²) in [6.45, 7) is 0. The van der Waals surface area contributed by atoms with Crippen molar-refractivity contribution in [1.29, 1.82) is 5.41 Å². The summed E-state index contributed by atoms with van der Waals surface area (Å²) in [6, 6.07) is 6.61. The number of methoxy groups -OCH3 is 1. The number of aromatic nitrogens is 2. The van der Waals surface area contributed by atoms with Crippen LogP contribution in [0.25, 0.3) is 16.8 Å². The smallest absolute Gasteiger partial charge is 0.192 e. The maximum Gasteiger partial charge on any atom is 0.192 e. The maximum atomic E-state index is 14.3. The van der Waals surface area contributed by atoms with Crippen LogP contribution < -0.4 is 5.32 Å². The van der Waals surface area contributed by atoms with Crippen molar-refractivity contribution >= 4 is 17.3 Å². The molecule has 0 amide bonds. The molecule has 0 radical (unpaired) electrons. The SMILES string of the molecule is COC(=NC(=N)C1=CNC2C=CC(c3cn[nH]c3-c3ccccc3F)=CN12)C1CC1. The third-order valence-electron chi connectivity index (χ3n) is 5.40. The number of halogens is 1. The van der Waals surface area contributed by atoms with Gasteiger partial charge in [-0.1, -0.05) is 18.2 Å². The van der Waals surface area contributed by atoms with Gasteiger partial charge in [-0.2, -0.15) is 10.1 Å². The largest absolute Gasteiger partial charge is 0.484 e. The van der Waals surface area contributed by atoms with Gasteiger partial charge in [-0.15, -0.1) is 0 Å². The standard InChI is InChI=1S/C22H21FN6O/c1-30-22(13-6-7-13)27-21(24)18-11-25-19-9-8-14(12-29(18)19)16-10-26-28-20(16)15-4-2-3-5-17(15)23/h2-5,8-13,19,24-25H,6-7H2,1H3,(H,26,28). The van der Waals surface area contributed by atoms with Crippen LogP contribution in [0.3, 0.4) is 0 Å². The fraction of sp³-hybridized carbons (Fsp3) is 0.227. The van der Waals surface area contributed by atoms with Crippen LogP contribution in [0.1, 0.15) is 18.4 Å². The van der Waals surface area contributed by atoms with Crippen molar-refractivity contribution in [3.63, 3.8) is 0 Å². The number of amidine groups is 1. The average Bonchev–Trinajstić information content (AvgIpc) is 3.33. The van der Waals surface area contributed by atoms with E-state index in [0.29, 0.717) is 28.8 Å². The van der Waals surface area contributed by atoms with Gasteiger partial charge in [0.2, 0.25) is 0 Å². The molecule has 1 fully saturated rings. The quantitative estimate of drug-likeness (QED) is 0.536. The van der Waals surface area contributed by atoms with Gasteiger partial charge in [-0.25, -0.2) is 4.39 Å². The van der Waals surface area contributed by atoms with Gasteiger partial charge >= 0.3 is 0 Å². The van der Waals surface area contributed by atoms with E-state index in [2.05, 4.69) is 20.5 Å². The molecule has 0 spiro atoms. The Balaban J connectivity index is 1.46. The molecule has 3 N–H and O–H groups in total. The number of nitrogens with one attached hydrogen (secondary N) is 3. The van der Waals surface area contributed by atoms with Crippen molar-refractivity contribution in [2.24, 2.45) is 10.9 Å². The van der Waals surface area contributed by atoms with E-state index >= 15 is 0 Å². The lowest BCUT2D eigenvalue weighted by atomic mass is 10.00. The molecule has 1 unspecified atom stereocenters. The summed E-state index contributed by atoms with van der Waals surface area (Å²) in [5.41, 5.74) is 3.37. The van der Waals surface area contributed by atoms with Gasteiger partial charge < -0.3 is 15.0 Å². The zero-order chi connectivity index (χ0) is 20.7. The predicted octanol–water partition coefficient (Wildman–Crippen LogP) is 3.63. The van der Waals surface area contributed by atoms with E-state index in [1.165, 1.54) is 6.07 Å². The molecule has 3 aliphatic rings. The molecule has 1 saturated carbocycles. The number of fused-ring (bicyclic) bond motifs is 1. The van der Waals surface area contributed by atoms with E-state index in [1.54, 1.807) is 37.7 Å².